The molecule has 0 aliphatic carbocycles. The molecule has 0 unspecified atom stereocenters. The SMILES string of the molecule is Cc1c(C(=O)N2CC[C@@](O)(CN3CCOCC3)C(C)(C)C2)cnc2ccnn12. The first kappa shape index (κ1) is 19.3. The molecule has 1 atom stereocenters. The lowest BCUT2D eigenvalue weighted by Gasteiger charge is -2.52. The second-order valence-electron chi connectivity index (χ2n) is 8.64. The summed E-state index contributed by atoms with van der Waals surface area (Å²) in [6, 6.07) is 1.82. The zero-order valence-corrected chi connectivity index (χ0v) is 16.9. The number of rotatable bonds is 3. The summed E-state index contributed by atoms with van der Waals surface area (Å²) in [5.41, 5.74) is 0.821. The summed E-state index contributed by atoms with van der Waals surface area (Å²) < 4.78 is 7.11. The van der Waals surface area contributed by atoms with Crippen molar-refractivity contribution >= 4 is 11.6 Å². The molecule has 2 saturated heterocycles. The van der Waals surface area contributed by atoms with Crippen LogP contribution in [0, 0.1) is 12.3 Å². The first-order chi connectivity index (χ1) is 13.3. The number of ether oxygens (including phenoxy) is 1. The number of aryl methyl sites for hydroxylation is 1. The number of hydrogen-bond acceptors (Lipinski definition) is 6. The molecular weight excluding hydrogens is 358 g/mol. The van der Waals surface area contributed by atoms with Gasteiger partial charge >= 0.3 is 0 Å². The Bertz CT molecular complexity index is 874. The van der Waals surface area contributed by atoms with Crippen molar-refractivity contribution in [3.8, 4) is 0 Å². The fourth-order valence-corrected chi connectivity index (χ4v) is 4.33. The van der Waals surface area contributed by atoms with Crippen LogP contribution in [-0.4, -0.2) is 87.0 Å². The number of carbonyl (C=O) groups is 1. The van der Waals surface area contributed by atoms with Gasteiger partial charge in [0.05, 0.1) is 36.3 Å². The molecule has 4 rings (SSSR count). The van der Waals surface area contributed by atoms with Gasteiger partial charge < -0.3 is 14.7 Å². The normalized spacial score (nSPS) is 25.9. The molecule has 152 valence electrons. The van der Waals surface area contributed by atoms with Crippen molar-refractivity contribution in [3.63, 3.8) is 0 Å². The van der Waals surface area contributed by atoms with E-state index < -0.39 is 11.0 Å². The summed E-state index contributed by atoms with van der Waals surface area (Å²) in [6.45, 7) is 10.7. The van der Waals surface area contributed by atoms with Crippen LogP contribution in [0.4, 0.5) is 0 Å². The summed E-state index contributed by atoms with van der Waals surface area (Å²) in [4.78, 5) is 21.7. The van der Waals surface area contributed by atoms with E-state index in [9.17, 15) is 9.90 Å². The average molecular weight is 387 g/mol. The van der Waals surface area contributed by atoms with Crippen LogP contribution in [0.5, 0.6) is 0 Å². The standard InChI is InChI=1S/C20H29N5O3/c1-15-16(12-21-17-4-6-22-25(15)17)18(26)24-7-5-20(27,19(2,3)13-24)14-23-8-10-28-11-9-23/h4,6,12,27H,5,7-11,13-14H2,1-3H3/t20-/m1/s1. The number of carbonyl (C=O) groups excluding carboxylic acids is 1. The molecule has 0 radical (unpaired) electrons. The van der Waals surface area contributed by atoms with Crippen molar-refractivity contribution in [1.29, 1.82) is 0 Å². The van der Waals surface area contributed by atoms with Crippen LogP contribution in [-0.2, 0) is 4.74 Å². The van der Waals surface area contributed by atoms with Gasteiger partial charge in [-0.1, -0.05) is 13.8 Å². The lowest BCUT2D eigenvalue weighted by Crippen LogP contribution is -2.63. The number of aliphatic hydroxyl groups is 1. The molecule has 1 N–H and O–H groups in total. The highest BCUT2D eigenvalue weighted by Crippen LogP contribution is 2.40. The highest BCUT2D eigenvalue weighted by Gasteiger charge is 2.49. The monoisotopic (exact) mass is 387 g/mol. The molecule has 2 aliphatic rings. The fraction of sp³-hybridized carbons (Fsp3) is 0.650. The van der Waals surface area contributed by atoms with Gasteiger partial charge in [-0.3, -0.25) is 9.69 Å². The summed E-state index contributed by atoms with van der Waals surface area (Å²) in [5.74, 6) is -0.0519. The lowest BCUT2D eigenvalue weighted by molar-refractivity contribution is -0.133. The molecule has 0 aromatic carbocycles. The maximum absolute atomic E-state index is 13.2. The third kappa shape index (κ3) is 3.29. The van der Waals surface area contributed by atoms with E-state index in [2.05, 4.69) is 28.8 Å². The molecule has 1 amide bonds. The van der Waals surface area contributed by atoms with Crippen molar-refractivity contribution in [3.05, 3.63) is 29.7 Å². The quantitative estimate of drug-likeness (QED) is 0.845. The van der Waals surface area contributed by atoms with E-state index in [1.807, 2.05) is 17.9 Å². The molecule has 2 aromatic rings. The molecule has 0 saturated carbocycles. The van der Waals surface area contributed by atoms with Crippen LogP contribution in [0.1, 0.15) is 36.3 Å². The number of morpholine rings is 1. The Kier molecular flexibility index (Phi) is 4.89. The number of fused-ring (bicyclic) bond motifs is 1. The van der Waals surface area contributed by atoms with Gasteiger partial charge in [0.15, 0.2) is 5.65 Å². The minimum Gasteiger partial charge on any atom is -0.388 e. The first-order valence-corrected chi connectivity index (χ1v) is 9.92. The van der Waals surface area contributed by atoms with Crippen LogP contribution >= 0.6 is 0 Å². The van der Waals surface area contributed by atoms with Crippen molar-refractivity contribution < 1.29 is 14.6 Å². The average Bonchev–Trinajstić information content (AvgIpc) is 3.14. The van der Waals surface area contributed by atoms with Crippen LogP contribution in [0.15, 0.2) is 18.5 Å². The van der Waals surface area contributed by atoms with E-state index in [1.54, 1.807) is 16.9 Å². The molecule has 28 heavy (non-hydrogen) atoms. The largest absolute Gasteiger partial charge is 0.388 e. The molecule has 2 fully saturated rings. The maximum Gasteiger partial charge on any atom is 0.257 e. The molecule has 2 aromatic heterocycles. The molecule has 8 heteroatoms. The van der Waals surface area contributed by atoms with Crippen LogP contribution in [0.3, 0.4) is 0 Å². The molecular formula is C20H29N5O3. The van der Waals surface area contributed by atoms with Crippen LogP contribution in [0.2, 0.25) is 0 Å². The summed E-state index contributed by atoms with van der Waals surface area (Å²) in [7, 11) is 0. The Morgan fingerprint density at radius 1 is 1.29 bits per heavy atom. The van der Waals surface area contributed by atoms with Gasteiger partial charge in [0.1, 0.15) is 0 Å². The lowest BCUT2D eigenvalue weighted by atomic mass is 9.69. The molecule has 8 nitrogen and oxygen atoms in total. The van der Waals surface area contributed by atoms with E-state index in [1.165, 1.54) is 0 Å². The molecule has 2 aliphatic heterocycles. The summed E-state index contributed by atoms with van der Waals surface area (Å²) in [6.07, 6.45) is 3.87. The molecule has 0 bridgehead atoms. The fourth-order valence-electron chi connectivity index (χ4n) is 4.33. The topological polar surface area (TPSA) is 83.2 Å². The van der Waals surface area contributed by atoms with Gasteiger partial charge in [0.2, 0.25) is 0 Å². The first-order valence-electron chi connectivity index (χ1n) is 9.92. The number of nitrogens with zero attached hydrogens (tertiary/aromatic N) is 5. The number of amides is 1. The van der Waals surface area contributed by atoms with Crippen molar-refractivity contribution in [1.82, 2.24) is 24.4 Å². The minimum absolute atomic E-state index is 0.0519. The highest BCUT2D eigenvalue weighted by molar-refractivity contribution is 5.95. The van der Waals surface area contributed by atoms with Crippen molar-refractivity contribution in [2.75, 3.05) is 45.9 Å². The van der Waals surface area contributed by atoms with E-state index in [0.29, 0.717) is 44.8 Å². The Morgan fingerprint density at radius 2 is 2.04 bits per heavy atom. The van der Waals surface area contributed by atoms with Gasteiger partial charge in [0.25, 0.3) is 5.91 Å². The number of hydrogen-bond donors (Lipinski definition) is 1. The van der Waals surface area contributed by atoms with E-state index in [0.717, 1.165) is 24.4 Å². The Labute approximate surface area is 165 Å². The van der Waals surface area contributed by atoms with Gasteiger partial charge in [-0.2, -0.15) is 5.10 Å². The third-order valence-electron chi connectivity index (χ3n) is 6.40. The van der Waals surface area contributed by atoms with Crippen molar-refractivity contribution in [2.24, 2.45) is 5.41 Å². The molecule has 0 spiro atoms. The Balaban J connectivity index is 1.51. The van der Waals surface area contributed by atoms with E-state index in [4.69, 9.17) is 4.74 Å². The van der Waals surface area contributed by atoms with E-state index in [-0.39, 0.29) is 5.91 Å². The minimum atomic E-state index is -0.833. The van der Waals surface area contributed by atoms with Gasteiger partial charge in [0, 0.05) is 50.4 Å². The van der Waals surface area contributed by atoms with Gasteiger partial charge in [-0.15, -0.1) is 0 Å². The maximum atomic E-state index is 13.2. The zero-order valence-electron chi connectivity index (χ0n) is 16.9. The van der Waals surface area contributed by atoms with Gasteiger partial charge in [-0.05, 0) is 13.3 Å². The number of piperidine rings is 1. The van der Waals surface area contributed by atoms with E-state index >= 15 is 0 Å². The smallest absolute Gasteiger partial charge is 0.257 e. The Morgan fingerprint density at radius 3 is 2.75 bits per heavy atom. The third-order valence-corrected chi connectivity index (χ3v) is 6.40. The second kappa shape index (κ2) is 7.09. The van der Waals surface area contributed by atoms with Crippen LogP contribution in [0.25, 0.3) is 5.65 Å². The van der Waals surface area contributed by atoms with Gasteiger partial charge in [-0.25, -0.2) is 9.50 Å². The number of β-amino-alcohol motifs (C(OH)–C–C–N with tert-alkyl or cyclic N) is 1. The number of likely N-dealkylation sites (tertiary alicyclic amines) is 1. The Hall–Kier alpha value is -2.03. The predicted octanol–water partition coefficient (Wildman–Crippen LogP) is 0.973. The second-order valence-corrected chi connectivity index (χ2v) is 8.64. The molecule has 4 heterocycles. The predicted molar refractivity (Wildman–Crippen MR) is 104 cm³/mol. The zero-order chi connectivity index (χ0) is 19.9. The number of aromatic nitrogens is 3. The van der Waals surface area contributed by atoms with Crippen LogP contribution < -0.4 is 0 Å². The summed E-state index contributed by atoms with van der Waals surface area (Å²) >= 11 is 0. The summed E-state index contributed by atoms with van der Waals surface area (Å²) in [5, 5.41) is 15.7. The van der Waals surface area contributed by atoms with Crippen molar-refractivity contribution in [2.45, 2.75) is 32.8 Å². The highest BCUT2D eigenvalue weighted by atomic mass is 16.5.